The molecule has 182 valence electrons. The fourth-order valence-electron chi connectivity index (χ4n) is 3.74. The number of ether oxygens (including phenoxy) is 2. The molecule has 1 aromatic carbocycles. The lowest BCUT2D eigenvalue weighted by molar-refractivity contribution is 0.109. The number of rotatable bonds is 11. The zero-order valence-corrected chi connectivity index (χ0v) is 20.5. The van der Waals surface area contributed by atoms with Crippen molar-refractivity contribution in [3.8, 4) is 11.4 Å². The predicted molar refractivity (Wildman–Crippen MR) is 129 cm³/mol. The zero-order chi connectivity index (χ0) is 23.8. The van der Waals surface area contributed by atoms with Gasteiger partial charge in [0.15, 0.2) is 0 Å². The van der Waals surface area contributed by atoms with E-state index in [1.807, 2.05) is 49.9 Å². The second kappa shape index (κ2) is 11.6. The quantitative estimate of drug-likeness (QED) is 0.457. The predicted octanol–water partition coefficient (Wildman–Crippen LogP) is 2.21. The molecule has 1 fully saturated rings. The van der Waals surface area contributed by atoms with E-state index in [2.05, 4.69) is 5.10 Å². The minimum atomic E-state index is -3.26. The number of aryl methyl sites for hydroxylation is 1. The first-order valence-corrected chi connectivity index (χ1v) is 13.1. The molecule has 1 saturated heterocycles. The van der Waals surface area contributed by atoms with Crippen LogP contribution in [-0.2, 0) is 14.8 Å². The summed E-state index contributed by atoms with van der Waals surface area (Å²) >= 11 is 0. The smallest absolute Gasteiger partial charge is 0.316 e. The van der Waals surface area contributed by atoms with Gasteiger partial charge in [-0.2, -0.15) is 14.1 Å². The van der Waals surface area contributed by atoms with Crippen molar-refractivity contribution in [2.24, 2.45) is 0 Å². The normalized spacial score (nSPS) is 15.1. The van der Waals surface area contributed by atoms with Crippen LogP contribution in [0, 0.1) is 6.92 Å². The summed E-state index contributed by atoms with van der Waals surface area (Å²) in [5.74, 6) is 0.372. The molecule has 10 heteroatoms. The third-order valence-electron chi connectivity index (χ3n) is 5.57. The zero-order valence-electron chi connectivity index (χ0n) is 19.7. The number of sulfonamides is 1. The largest absolute Gasteiger partial charge is 0.484 e. The van der Waals surface area contributed by atoms with Gasteiger partial charge in [0.1, 0.15) is 12.3 Å². The topological polar surface area (TPSA) is 94.0 Å². The molecule has 0 spiro atoms. The van der Waals surface area contributed by atoms with E-state index in [0.29, 0.717) is 57.2 Å². The summed E-state index contributed by atoms with van der Waals surface area (Å²) in [5.41, 5.74) is 1.90. The molecule has 0 saturated carbocycles. The van der Waals surface area contributed by atoms with Gasteiger partial charge in [-0.25, -0.2) is 8.42 Å². The first kappa shape index (κ1) is 25.2. The molecule has 2 heterocycles. The van der Waals surface area contributed by atoms with Gasteiger partial charge >= 0.3 is 5.56 Å². The number of nitrogens with zero attached hydrogens (tertiary/aromatic N) is 4. The molecule has 2 aromatic rings. The van der Waals surface area contributed by atoms with Crippen LogP contribution in [0.25, 0.3) is 5.69 Å². The summed E-state index contributed by atoms with van der Waals surface area (Å²) < 4.78 is 39.2. The van der Waals surface area contributed by atoms with Crippen molar-refractivity contribution < 1.29 is 17.9 Å². The molecular weight excluding hydrogens is 444 g/mol. The van der Waals surface area contributed by atoms with Gasteiger partial charge in [-0.1, -0.05) is 25.5 Å². The minimum Gasteiger partial charge on any atom is -0.484 e. The Kier molecular flexibility index (Phi) is 8.87. The summed E-state index contributed by atoms with van der Waals surface area (Å²) in [4.78, 5) is 15.3. The highest BCUT2D eigenvalue weighted by molar-refractivity contribution is 7.89. The summed E-state index contributed by atoms with van der Waals surface area (Å²) in [7, 11) is -3.26. The van der Waals surface area contributed by atoms with Crippen LogP contribution in [0.3, 0.4) is 0 Å². The monoisotopic (exact) mass is 478 g/mol. The van der Waals surface area contributed by atoms with Crippen LogP contribution < -0.4 is 15.2 Å². The van der Waals surface area contributed by atoms with Crippen LogP contribution in [0.15, 0.2) is 35.3 Å². The molecule has 0 unspecified atom stereocenters. The van der Waals surface area contributed by atoms with Crippen LogP contribution in [0.5, 0.6) is 5.75 Å². The number of piperazine rings is 1. The standard InChI is InChI=1S/C23H34N4O5S/c1-4-6-16-33(29,30)26-12-10-25(11-13-26)21-18-24-27(20-9-7-8-19(3)17-20)23(28)22(21)32-15-14-31-5-2/h7-9,17-18H,4-6,10-16H2,1-3H3. The van der Waals surface area contributed by atoms with Crippen molar-refractivity contribution in [3.05, 3.63) is 46.4 Å². The van der Waals surface area contributed by atoms with Crippen LogP contribution in [-0.4, -0.2) is 74.3 Å². The van der Waals surface area contributed by atoms with E-state index in [-0.39, 0.29) is 23.7 Å². The summed E-state index contributed by atoms with van der Waals surface area (Å²) in [5, 5.41) is 4.40. The molecule has 0 N–H and O–H groups in total. The summed E-state index contributed by atoms with van der Waals surface area (Å²) in [6.45, 7) is 8.65. The molecule has 0 radical (unpaired) electrons. The molecule has 0 amide bonds. The van der Waals surface area contributed by atoms with Gasteiger partial charge in [0, 0.05) is 32.8 Å². The second-order valence-electron chi connectivity index (χ2n) is 8.02. The molecular formula is C23H34N4O5S. The number of hydrogen-bond donors (Lipinski definition) is 0. The van der Waals surface area contributed by atoms with Gasteiger partial charge in [-0.05, 0) is 38.0 Å². The van der Waals surface area contributed by atoms with Gasteiger partial charge < -0.3 is 14.4 Å². The summed E-state index contributed by atoms with van der Waals surface area (Å²) in [6, 6.07) is 7.54. The Bertz CT molecular complexity index is 1080. The molecule has 0 bridgehead atoms. The third kappa shape index (κ3) is 6.33. The lowest BCUT2D eigenvalue weighted by Crippen LogP contribution is -2.49. The van der Waals surface area contributed by atoms with E-state index in [4.69, 9.17) is 9.47 Å². The number of anilines is 1. The lowest BCUT2D eigenvalue weighted by Gasteiger charge is -2.35. The van der Waals surface area contributed by atoms with Gasteiger partial charge in [-0.15, -0.1) is 0 Å². The highest BCUT2D eigenvalue weighted by Crippen LogP contribution is 2.26. The Balaban J connectivity index is 1.85. The van der Waals surface area contributed by atoms with Crippen LogP contribution in [0.2, 0.25) is 0 Å². The SMILES string of the molecule is CCCCS(=O)(=O)N1CCN(c2cnn(-c3cccc(C)c3)c(=O)c2OCCOCC)CC1. The fourth-order valence-corrected chi connectivity index (χ4v) is 5.38. The molecule has 3 rings (SSSR count). The van der Waals surface area contributed by atoms with Crippen LogP contribution in [0.4, 0.5) is 5.69 Å². The second-order valence-corrected chi connectivity index (χ2v) is 10.1. The third-order valence-corrected chi connectivity index (χ3v) is 7.52. The van der Waals surface area contributed by atoms with E-state index in [0.717, 1.165) is 12.0 Å². The van der Waals surface area contributed by atoms with Crippen molar-refractivity contribution in [2.75, 3.05) is 56.7 Å². The van der Waals surface area contributed by atoms with Gasteiger partial charge in [-0.3, -0.25) is 4.79 Å². The Labute approximate surface area is 196 Å². The van der Waals surface area contributed by atoms with Gasteiger partial charge in [0.25, 0.3) is 0 Å². The highest BCUT2D eigenvalue weighted by atomic mass is 32.2. The number of hydrogen-bond acceptors (Lipinski definition) is 7. The average molecular weight is 479 g/mol. The van der Waals surface area contributed by atoms with Crippen molar-refractivity contribution in [1.29, 1.82) is 0 Å². The molecule has 1 aliphatic heterocycles. The Hall–Kier alpha value is -2.43. The molecule has 1 aromatic heterocycles. The maximum Gasteiger partial charge on any atom is 0.316 e. The Morgan fingerprint density at radius 3 is 2.52 bits per heavy atom. The van der Waals surface area contributed by atoms with Crippen LogP contribution >= 0.6 is 0 Å². The van der Waals surface area contributed by atoms with Gasteiger partial charge in [0.2, 0.25) is 15.8 Å². The first-order valence-electron chi connectivity index (χ1n) is 11.5. The molecule has 33 heavy (non-hydrogen) atoms. The van der Waals surface area contributed by atoms with E-state index in [9.17, 15) is 13.2 Å². The van der Waals surface area contributed by atoms with E-state index < -0.39 is 10.0 Å². The Morgan fingerprint density at radius 2 is 1.85 bits per heavy atom. The highest BCUT2D eigenvalue weighted by Gasteiger charge is 2.29. The Morgan fingerprint density at radius 1 is 1.09 bits per heavy atom. The lowest BCUT2D eigenvalue weighted by atomic mass is 10.2. The molecule has 9 nitrogen and oxygen atoms in total. The van der Waals surface area contributed by atoms with E-state index in [1.54, 1.807) is 6.20 Å². The van der Waals surface area contributed by atoms with Crippen molar-refractivity contribution >= 4 is 15.7 Å². The van der Waals surface area contributed by atoms with Gasteiger partial charge in [0.05, 0.1) is 24.2 Å². The molecule has 0 atom stereocenters. The van der Waals surface area contributed by atoms with E-state index in [1.165, 1.54) is 8.99 Å². The number of unbranched alkanes of at least 4 members (excludes halogenated alkanes) is 1. The van der Waals surface area contributed by atoms with E-state index >= 15 is 0 Å². The van der Waals surface area contributed by atoms with Crippen molar-refractivity contribution in [3.63, 3.8) is 0 Å². The van der Waals surface area contributed by atoms with Crippen molar-refractivity contribution in [1.82, 2.24) is 14.1 Å². The molecule has 1 aliphatic rings. The summed E-state index contributed by atoms with van der Waals surface area (Å²) in [6.07, 6.45) is 3.12. The number of benzene rings is 1. The number of aromatic nitrogens is 2. The van der Waals surface area contributed by atoms with Crippen LogP contribution in [0.1, 0.15) is 32.3 Å². The molecule has 0 aliphatic carbocycles. The average Bonchev–Trinajstić information content (AvgIpc) is 2.81. The maximum absolute atomic E-state index is 13.4. The fraction of sp³-hybridized carbons (Fsp3) is 0.565. The van der Waals surface area contributed by atoms with Crippen molar-refractivity contribution in [2.45, 2.75) is 33.6 Å². The minimum absolute atomic E-state index is 0.170. The first-order chi connectivity index (χ1) is 15.9. The maximum atomic E-state index is 13.4.